The molecule has 0 radical (unpaired) electrons. The molecule has 0 aromatic carbocycles. The quantitative estimate of drug-likeness (QED) is 0.799. The zero-order valence-electron chi connectivity index (χ0n) is 10.2. The Morgan fingerprint density at radius 1 is 1.44 bits per heavy atom. The fourth-order valence-electron chi connectivity index (χ4n) is 1.65. The van der Waals surface area contributed by atoms with Crippen molar-refractivity contribution in [3.8, 4) is 0 Å². The van der Waals surface area contributed by atoms with Crippen LogP contribution in [0.4, 0.5) is 0 Å². The second-order valence-electron chi connectivity index (χ2n) is 3.97. The van der Waals surface area contributed by atoms with Gasteiger partial charge in [0.2, 0.25) is 0 Å². The Morgan fingerprint density at radius 3 is 2.83 bits per heavy atom. The summed E-state index contributed by atoms with van der Waals surface area (Å²) in [4.78, 5) is 3.90. The van der Waals surface area contributed by atoms with E-state index in [2.05, 4.69) is 10.1 Å². The third-order valence-electron chi connectivity index (χ3n) is 2.55. The molecule has 0 unspecified atom stereocenters. The molecule has 1 aromatic heterocycles. The van der Waals surface area contributed by atoms with E-state index in [0.29, 0.717) is 37.7 Å². The first-order chi connectivity index (χ1) is 8.62. The van der Waals surface area contributed by atoms with Gasteiger partial charge in [-0.2, -0.15) is 0 Å². The lowest BCUT2D eigenvalue weighted by Gasteiger charge is -2.26. The number of thiophene rings is 1. The van der Waals surface area contributed by atoms with Gasteiger partial charge in [0, 0.05) is 29.9 Å². The summed E-state index contributed by atoms with van der Waals surface area (Å²) in [5.41, 5.74) is 0. The van der Waals surface area contributed by atoms with Crippen LogP contribution >= 0.6 is 11.3 Å². The average molecular weight is 291 g/mol. The number of hydrazine groups is 1. The molecule has 0 amide bonds. The van der Waals surface area contributed by atoms with Crippen molar-refractivity contribution in [2.24, 2.45) is 0 Å². The van der Waals surface area contributed by atoms with Gasteiger partial charge >= 0.3 is 0 Å². The minimum absolute atomic E-state index is 0.323. The first kappa shape index (κ1) is 13.9. The standard InChI is InChI=1S/C10H17N3O3S2/c1-11-7-9-6-10(8-17-9)18(14,15)12-13-2-4-16-5-3-13/h6,8,11-12H,2-5,7H2,1H3. The maximum Gasteiger partial charge on any atom is 0.254 e. The van der Waals surface area contributed by atoms with Crippen molar-refractivity contribution >= 4 is 21.4 Å². The van der Waals surface area contributed by atoms with E-state index in [-0.39, 0.29) is 0 Å². The molecule has 18 heavy (non-hydrogen) atoms. The third-order valence-corrected chi connectivity index (χ3v) is 4.99. The summed E-state index contributed by atoms with van der Waals surface area (Å²) < 4.78 is 29.4. The fourth-order valence-corrected chi connectivity index (χ4v) is 4.05. The van der Waals surface area contributed by atoms with E-state index >= 15 is 0 Å². The number of hydrogen-bond acceptors (Lipinski definition) is 6. The van der Waals surface area contributed by atoms with Crippen LogP contribution in [0.15, 0.2) is 16.3 Å². The van der Waals surface area contributed by atoms with Crippen molar-refractivity contribution in [1.29, 1.82) is 0 Å². The molecule has 0 spiro atoms. The Bertz CT molecular complexity index is 480. The number of ether oxygens (including phenoxy) is 1. The van der Waals surface area contributed by atoms with Crippen LogP contribution in [0.25, 0.3) is 0 Å². The van der Waals surface area contributed by atoms with E-state index in [0.717, 1.165) is 4.88 Å². The molecule has 1 saturated heterocycles. The van der Waals surface area contributed by atoms with Crippen molar-refractivity contribution < 1.29 is 13.2 Å². The minimum Gasteiger partial charge on any atom is -0.379 e. The van der Waals surface area contributed by atoms with Crippen molar-refractivity contribution in [2.45, 2.75) is 11.4 Å². The van der Waals surface area contributed by atoms with E-state index in [9.17, 15) is 8.42 Å². The van der Waals surface area contributed by atoms with Gasteiger partial charge in [0.1, 0.15) is 0 Å². The molecule has 102 valence electrons. The van der Waals surface area contributed by atoms with Gasteiger partial charge in [-0.3, -0.25) is 0 Å². The SMILES string of the molecule is CNCc1cc(S(=O)(=O)NN2CCOCC2)cs1. The topological polar surface area (TPSA) is 70.7 Å². The van der Waals surface area contributed by atoms with Gasteiger partial charge in [0.15, 0.2) is 0 Å². The summed E-state index contributed by atoms with van der Waals surface area (Å²) in [5.74, 6) is 0. The molecule has 0 aliphatic carbocycles. The number of morpholine rings is 1. The molecule has 0 bridgehead atoms. The molecular weight excluding hydrogens is 274 g/mol. The summed E-state index contributed by atoms with van der Waals surface area (Å²) in [6.07, 6.45) is 0. The first-order valence-electron chi connectivity index (χ1n) is 5.69. The van der Waals surface area contributed by atoms with Crippen molar-refractivity contribution in [3.63, 3.8) is 0 Å². The van der Waals surface area contributed by atoms with E-state index in [1.165, 1.54) is 11.3 Å². The summed E-state index contributed by atoms with van der Waals surface area (Å²) in [7, 11) is -1.62. The van der Waals surface area contributed by atoms with Gasteiger partial charge in [0.25, 0.3) is 10.0 Å². The van der Waals surface area contributed by atoms with Gasteiger partial charge < -0.3 is 10.1 Å². The van der Waals surface area contributed by atoms with Crippen LogP contribution in [0.2, 0.25) is 0 Å². The second kappa shape index (κ2) is 6.09. The van der Waals surface area contributed by atoms with Crippen molar-refractivity contribution in [3.05, 3.63) is 16.3 Å². The number of sulfonamides is 1. The Labute approximate surface area is 111 Å². The molecule has 1 aliphatic heterocycles. The minimum atomic E-state index is -3.45. The molecule has 1 aromatic rings. The Morgan fingerprint density at radius 2 is 2.17 bits per heavy atom. The first-order valence-corrected chi connectivity index (χ1v) is 8.05. The molecule has 2 rings (SSSR count). The van der Waals surface area contributed by atoms with Crippen molar-refractivity contribution in [2.75, 3.05) is 33.4 Å². The number of rotatable bonds is 5. The molecule has 1 aliphatic rings. The zero-order chi connectivity index (χ0) is 13.0. The number of nitrogens with one attached hydrogen (secondary N) is 2. The van der Waals surface area contributed by atoms with Gasteiger partial charge in [-0.05, 0) is 13.1 Å². The maximum atomic E-state index is 12.1. The lowest BCUT2D eigenvalue weighted by molar-refractivity contribution is 0.0272. The molecule has 1 fully saturated rings. The highest BCUT2D eigenvalue weighted by Gasteiger charge is 2.21. The molecule has 2 heterocycles. The van der Waals surface area contributed by atoms with Gasteiger partial charge in [-0.25, -0.2) is 13.4 Å². The van der Waals surface area contributed by atoms with E-state index in [4.69, 9.17) is 4.74 Å². The van der Waals surface area contributed by atoms with E-state index in [1.807, 2.05) is 7.05 Å². The highest BCUT2D eigenvalue weighted by atomic mass is 32.2. The molecular formula is C10H17N3O3S2. The van der Waals surface area contributed by atoms with Crippen LogP contribution in [0.1, 0.15) is 4.88 Å². The number of hydrogen-bond donors (Lipinski definition) is 2. The smallest absolute Gasteiger partial charge is 0.254 e. The number of nitrogens with zero attached hydrogens (tertiary/aromatic N) is 1. The van der Waals surface area contributed by atoms with Crippen LogP contribution in [0.5, 0.6) is 0 Å². The average Bonchev–Trinajstić information content (AvgIpc) is 2.80. The monoisotopic (exact) mass is 291 g/mol. The van der Waals surface area contributed by atoms with Gasteiger partial charge in [-0.1, -0.05) is 0 Å². The Kier molecular flexibility index (Phi) is 4.71. The Balaban J connectivity index is 2.04. The van der Waals surface area contributed by atoms with Gasteiger partial charge in [0.05, 0.1) is 18.1 Å². The second-order valence-corrected chi connectivity index (χ2v) is 6.63. The van der Waals surface area contributed by atoms with Crippen LogP contribution in [0.3, 0.4) is 0 Å². The summed E-state index contributed by atoms with van der Waals surface area (Å²) >= 11 is 1.44. The summed E-state index contributed by atoms with van der Waals surface area (Å²) in [5, 5.41) is 6.34. The van der Waals surface area contributed by atoms with Crippen LogP contribution in [0, 0.1) is 0 Å². The summed E-state index contributed by atoms with van der Waals surface area (Å²) in [6, 6.07) is 1.70. The van der Waals surface area contributed by atoms with Crippen LogP contribution in [-0.4, -0.2) is 46.8 Å². The highest BCUT2D eigenvalue weighted by Crippen LogP contribution is 2.19. The predicted octanol–water partition coefficient (Wildman–Crippen LogP) is -0.00700. The maximum absolute atomic E-state index is 12.1. The van der Waals surface area contributed by atoms with E-state index in [1.54, 1.807) is 16.5 Å². The molecule has 0 atom stereocenters. The zero-order valence-corrected chi connectivity index (χ0v) is 11.8. The molecule has 6 nitrogen and oxygen atoms in total. The lowest BCUT2D eigenvalue weighted by atomic mass is 10.5. The van der Waals surface area contributed by atoms with Crippen LogP contribution < -0.4 is 10.1 Å². The lowest BCUT2D eigenvalue weighted by Crippen LogP contribution is -2.48. The highest BCUT2D eigenvalue weighted by molar-refractivity contribution is 7.89. The predicted molar refractivity (Wildman–Crippen MR) is 69.8 cm³/mol. The molecule has 0 saturated carbocycles. The van der Waals surface area contributed by atoms with Gasteiger partial charge in [-0.15, -0.1) is 16.2 Å². The summed E-state index contributed by atoms with van der Waals surface area (Å²) in [6.45, 7) is 2.94. The van der Waals surface area contributed by atoms with Crippen molar-refractivity contribution in [1.82, 2.24) is 15.2 Å². The molecule has 2 N–H and O–H groups in total. The third kappa shape index (κ3) is 3.50. The van der Waals surface area contributed by atoms with E-state index < -0.39 is 10.0 Å². The molecule has 8 heteroatoms. The Hall–Kier alpha value is -0.510. The normalized spacial score (nSPS) is 18.1. The van der Waals surface area contributed by atoms with Crippen LogP contribution in [-0.2, 0) is 21.3 Å². The fraction of sp³-hybridized carbons (Fsp3) is 0.600. The largest absolute Gasteiger partial charge is 0.379 e.